The summed E-state index contributed by atoms with van der Waals surface area (Å²) in [6, 6.07) is 4.12. The lowest BCUT2D eigenvalue weighted by Crippen LogP contribution is -2.59. The third-order valence-corrected chi connectivity index (χ3v) is 8.67. The Morgan fingerprint density at radius 1 is 1.36 bits per heavy atom. The molecule has 3 aliphatic heterocycles. The number of aliphatic carboxylic acids is 1. The number of aliphatic hydroxyl groups is 1. The second kappa shape index (κ2) is 9.91. The number of carboxylic acid groups (broad SMARTS) is 1. The summed E-state index contributed by atoms with van der Waals surface area (Å²) in [7, 11) is 0. The fraction of sp³-hybridized carbons (Fsp3) is 0.593. The molecule has 36 heavy (non-hydrogen) atoms. The van der Waals surface area contributed by atoms with Crippen LogP contribution in [0.5, 0.6) is 0 Å². The van der Waals surface area contributed by atoms with Crippen molar-refractivity contribution in [3.63, 3.8) is 0 Å². The number of amides is 2. The van der Waals surface area contributed by atoms with Gasteiger partial charge < -0.3 is 24.7 Å². The van der Waals surface area contributed by atoms with E-state index in [2.05, 4.69) is 22.5 Å². The van der Waals surface area contributed by atoms with E-state index in [1.54, 1.807) is 11.0 Å². The Labute approximate surface area is 220 Å². The molecule has 9 heteroatoms. The van der Waals surface area contributed by atoms with E-state index in [9.17, 15) is 24.6 Å². The van der Waals surface area contributed by atoms with Crippen LogP contribution in [0.15, 0.2) is 30.9 Å². The van der Waals surface area contributed by atoms with E-state index >= 15 is 0 Å². The van der Waals surface area contributed by atoms with E-state index in [1.807, 2.05) is 45.9 Å². The van der Waals surface area contributed by atoms with Gasteiger partial charge >= 0.3 is 5.97 Å². The zero-order valence-corrected chi connectivity index (χ0v) is 22.8. The number of fused-ring (bicyclic) bond motifs is 1. The van der Waals surface area contributed by atoms with Crippen molar-refractivity contribution in [1.82, 2.24) is 4.90 Å². The number of aliphatic hydroxyl groups excluding tert-OH is 1. The van der Waals surface area contributed by atoms with Crippen molar-refractivity contribution in [2.45, 2.75) is 69.2 Å². The molecular weight excluding hydrogens is 528 g/mol. The molecule has 196 valence electrons. The summed E-state index contributed by atoms with van der Waals surface area (Å²) < 4.78 is 6.38. The molecule has 3 heterocycles. The molecule has 2 N–H and O–H groups in total. The van der Waals surface area contributed by atoms with Gasteiger partial charge in [0.25, 0.3) is 5.91 Å². The Kier molecular flexibility index (Phi) is 7.38. The molecule has 3 aliphatic rings. The molecule has 1 unspecified atom stereocenters. The smallest absolute Gasteiger partial charge is 0.310 e. The van der Waals surface area contributed by atoms with Gasteiger partial charge in [-0.05, 0) is 49.8 Å². The standard InChI is InChI=1S/C27H35BrN2O6/c1-6-9-29(19-11-15(4)7-8-16(19)5)25(33)23-27-12-18(28)22(36-27)20(26(34)35)21(27)24(32)30(23)17(13-31)10-14(2)3/h6-8,11,14,17-18,20-23,31H,1,9-10,12-13H2,2-5H3,(H,34,35)/t17-,18?,20-,21+,22-,23-,27+/m1/s1. The summed E-state index contributed by atoms with van der Waals surface area (Å²) in [6.07, 6.45) is 1.73. The summed E-state index contributed by atoms with van der Waals surface area (Å²) in [5, 5.41) is 20.4. The van der Waals surface area contributed by atoms with Gasteiger partial charge in [0.15, 0.2) is 0 Å². The molecule has 1 aromatic rings. The second-order valence-corrected chi connectivity index (χ2v) is 11.9. The summed E-state index contributed by atoms with van der Waals surface area (Å²) in [6.45, 7) is 11.5. The molecule has 1 spiro atoms. The van der Waals surface area contributed by atoms with Gasteiger partial charge in [0.1, 0.15) is 11.6 Å². The molecule has 3 saturated heterocycles. The summed E-state index contributed by atoms with van der Waals surface area (Å²) in [5.74, 6) is -3.81. The average Bonchev–Trinajstić information content (AvgIpc) is 3.40. The van der Waals surface area contributed by atoms with Crippen LogP contribution in [0.25, 0.3) is 0 Å². The van der Waals surface area contributed by atoms with Crippen LogP contribution in [-0.2, 0) is 19.1 Å². The van der Waals surface area contributed by atoms with Crippen molar-refractivity contribution in [2.75, 3.05) is 18.1 Å². The number of rotatable bonds is 9. The molecule has 8 nitrogen and oxygen atoms in total. The van der Waals surface area contributed by atoms with Crippen molar-refractivity contribution in [3.05, 3.63) is 42.0 Å². The molecule has 0 aromatic heterocycles. The lowest BCUT2D eigenvalue weighted by Gasteiger charge is -2.40. The number of ether oxygens (including phenoxy) is 1. The van der Waals surface area contributed by atoms with Crippen LogP contribution in [0.4, 0.5) is 5.69 Å². The van der Waals surface area contributed by atoms with Crippen LogP contribution >= 0.6 is 15.9 Å². The molecule has 4 rings (SSSR count). The number of carboxylic acids is 1. The highest BCUT2D eigenvalue weighted by molar-refractivity contribution is 9.09. The minimum atomic E-state index is -1.29. The number of hydrogen-bond donors (Lipinski definition) is 2. The Bertz CT molecular complexity index is 1080. The first-order chi connectivity index (χ1) is 17.0. The highest BCUT2D eigenvalue weighted by Gasteiger charge is 2.77. The normalized spacial score (nSPS) is 31.6. The van der Waals surface area contributed by atoms with E-state index in [1.165, 1.54) is 4.90 Å². The van der Waals surface area contributed by atoms with E-state index in [4.69, 9.17) is 4.74 Å². The van der Waals surface area contributed by atoms with Gasteiger partial charge in [-0.2, -0.15) is 0 Å². The van der Waals surface area contributed by atoms with Gasteiger partial charge in [-0.15, -0.1) is 6.58 Å². The topological polar surface area (TPSA) is 107 Å². The zero-order valence-electron chi connectivity index (χ0n) is 21.2. The molecule has 0 radical (unpaired) electrons. The van der Waals surface area contributed by atoms with Crippen LogP contribution in [0, 0.1) is 31.6 Å². The minimum absolute atomic E-state index is 0.142. The van der Waals surface area contributed by atoms with Gasteiger partial charge in [-0.25, -0.2) is 0 Å². The molecular formula is C27H35BrN2O6. The van der Waals surface area contributed by atoms with Gasteiger partial charge in [0.2, 0.25) is 5.91 Å². The lowest BCUT2D eigenvalue weighted by molar-refractivity contribution is -0.151. The van der Waals surface area contributed by atoms with Crippen molar-refractivity contribution < 1.29 is 29.3 Å². The number of halogens is 1. The molecule has 0 saturated carbocycles. The Morgan fingerprint density at radius 2 is 2.06 bits per heavy atom. The number of carbonyl (C=O) groups is 3. The maximum Gasteiger partial charge on any atom is 0.310 e. The van der Waals surface area contributed by atoms with Crippen molar-refractivity contribution in [2.24, 2.45) is 17.8 Å². The van der Waals surface area contributed by atoms with Crippen molar-refractivity contribution >= 4 is 39.4 Å². The predicted octanol–water partition coefficient (Wildman–Crippen LogP) is 3.06. The Balaban J connectivity index is 1.88. The third-order valence-electron chi connectivity index (χ3n) is 7.83. The number of carbonyl (C=O) groups excluding carboxylic acids is 2. The van der Waals surface area contributed by atoms with E-state index in [0.717, 1.165) is 11.1 Å². The number of likely N-dealkylation sites (tertiary alicyclic amines) is 1. The van der Waals surface area contributed by atoms with Crippen LogP contribution in [-0.4, -0.2) is 74.7 Å². The summed E-state index contributed by atoms with van der Waals surface area (Å²) >= 11 is 3.57. The maximum atomic E-state index is 14.5. The third kappa shape index (κ3) is 4.09. The lowest BCUT2D eigenvalue weighted by atomic mass is 9.70. The maximum absolute atomic E-state index is 14.5. The molecule has 7 atom stereocenters. The first kappa shape index (κ1) is 26.8. The van der Waals surface area contributed by atoms with E-state index < -0.39 is 47.5 Å². The largest absolute Gasteiger partial charge is 0.481 e. The Hall–Kier alpha value is -2.23. The van der Waals surface area contributed by atoms with Gasteiger partial charge in [-0.3, -0.25) is 14.4 Å². The van der Waals surface area contributed by atoms with Gasteiger partial charge in [0.05, 0.1) is 30.6 Å². The molecule has 1 aromatic carbocycles. The first-order valence-corrected chi connectivity index (χ1v) is 13.4. The average molecular weight is 563 g/mol. The first-order valence-electron chi connectivity index (χ1n) is 12.5. The number of benzene rings is 1. The van der Waals surface area contributed by atoms with Gasteiger partial charge in [-0.1, -0.05) is 48.0 Å². The Morgan fingerprint density at radius 3 is 2.64 bits per heavy atom. The monoisotopic (exact) mass is 562 g/mol. The van der Waals surface area contributed by atoms with Crippen LogP contribution in [0.3, 0.4) is 0 Å². The fourth-order valence-electron chi connectivity index (χ4n) is 6.44. The van der Waals surface area contributed by atoms with E-state index in [0.29, 0.717) is 18.5 Å². The van der Waals surface area contributed by atoms with Crippen LogP contribution in [0.1, 0.15) is 37.8 Å². The predicted molar refractivity (Wildman–Crippen MR) is 139 cm³/mol. The van der Waals surface area contributed by atoms with Crippen molar-refractivity contribution in [3.8, 4) is 0 Å². The van der Waals surface area contributed by atoms with Gasteiger partial charge in [0, 0.05) is 17.1 Å². The summed E-state index contributed by atoms with van der Waals surface area (Å²) in [4.78, 5) is 43.6. The molecule has 2 bridgehead atoms. The van der Waals surface area contributed by atoms with Crippen LogP contribution < -0.4 is 4.90 Å². The number of aryl methyl sites for hydroxylation is 2. The SMILES string of the molecule is C=CCN(C(=O)[C@H]1N([C@@H](CO)CC(C)C)C(=O)[C@@H]2[C@@H](C(=O)O)[C@@H]3O[C@@]21CC3Br)c1cc(C)ccc1C. The quantitative estimate of drug-likeness (QED) is 0.354. The van der Waals surface area contributed by atoms with Crippen LogP contribution in [0.2, 0.25) is 0 Å². The zero-order chi connectivity index (χ0) is 26.5. The summed E-state index contributed by atoms with van der Waals surface area (Å²) in [5.41, 5.74) is 1.28. The van der Waals surface area contributed by atoms with E-state index in [-0.39, 0.29) is 29.8 Å². The highest BCUT2D eigenvalue weighted by atomic mass is 79.9. The highest BCUT2D eigenvalue weighted by Crippen LogP contribution is 2.60. The molecule has 3 fully saturated rings. The molecule has 2 amide bonds. The number of anilines is 1. The molecule has 0 aliphatic carbocycles. The van der Waals surface area contributed by atoms with Crippen molar-refractivity contribution in [1.29, 1.82) is 0 Å². The number of nitrogens with zero attached hydrogens (tertiary/aromatic N) is 2. The fourth-order valence-corrected chi connectivity index (χ4v) is 7.38. The second-order valence-electron chi connectivity index (χ2n) is 10.7. The number of hydrogen-bond acceptors (Lipinski definition) is 5. The number of alkyl halides is 1. The minimum Gasteiger partial charge on any atom is -0.481 e.